The summed E-state index contributed by atoms with van der Waals surface area (Å²) in [4.78, 5) is 14.1. The molecule has 0 spiro atoms. The van der Waals surface area contributed by atoms with E-state index < -0.39 is 0 Å². The van der Waals surface area contributed by atoms with E-state index in [0.29, 0.717) is 4.99 Å². The standard InChI is InChI=1S/C14H23N5S/c1-4-12(14(15)20)18-5-7-19(8-6-18)13-9-10(2)16-11(3)17-13/h9,12H,4-8H2,1-3H3,(H2,15,20). The van der Waals surface area contributed by atoms with E-state index in [1.54, 1.807) is 0 Å². The molecule has 1 fully saturated rings. The summed E-state index contributed by atoms with van der Waals surface area (Å²) in [5.74, 6) is 1.86. The van der Waals surface area contributed by atoms with Crippen molar-refractivity contribution in [2.24, 2.45) is 5.73 Å². The van der Waals surface area contributed by atoms with E-state index in [4.69, 9.17) is 18.0 Å². The number of nitrogens with zero attached hydrogens (tertiary/aromatic N) is 4. The zero-order valence-electron chi connectivity index (χ0n) is 12.5. The maximum Gasteiger partial charge on any atom is 0.132 e. The number of hydrogen-bond donors (Lipinski definition) is 1. The first-order valence-corrected chi connectivity index (χ1v) is 7.52. The van der Waals surface area contributed by atoms with Gasteiger partial charge in [0.25, 0.3) is 0 Å². The van der Waals surface area contributed by atoms with E-state index in [9.17, 15) is 0 Å². The Kier molecular flexibility index (Phi) is 4.88. The molecule has 2 rings (SSSR count). The predicted molar refractivity (Wildman–Crippen MR) is 86.2 cm³/mol. The Morgan fingerprint density at radius 3 is 2.45 bits per heavy atom. The third kappa shape index (κ3) is 3.43. The van der Waals surface area contributed by atoms with Gasteiger partial charge in [0.15, 0.2) is 0 Å². The van der Waals surface area contributed by atoms with E-state index in [-0.39, 0.29) is 6.04 Å². The lowest BCUT2D eigenvalue weighted by Crippen LogP contribution is -2.53. The Morgan fingerprint density at radius 2 is 1.95 bits per heavy atom. The second-order valence-electron chi connectivity index (χ2n) is 5.26. The Balaban J connectivity index is 2.02. The smallest absolute Gasteiger partial charge is 0.132 e. The number of anilines is 1. The first-order chi connectivity index (χ1) is 9.51. The molecule has 0 aromatic carbocycles. The highest BCUT2D eigenvalue weighted by Crippen LogP contribution is 2.17. The van der Waals surface area contributed by atoms with Crippen LogP contribution < -0.4 is 10.6 Å². The van der Waals surface area contributed by atoms with Crippen molar-refractivity contribution in [2.75, 3.05) is 31.1 Å². The largest absolute Gasteiger partial charge is 0.392 e. The fraction of sp³-hybridized carbons (Fsp3) is 0.643. The molecule has 0 bridgehead atoms. The minimum Gasteiger partial charge on any atom is -0.392 e. The highest BCUT2D eigenvalue weighted by atomic mass is 32.1. The van der Waals surface area contributed by atoms with Crippen molar-refractivity contribution in [2.45, 2.75) is 33.2 Å². The lowest BCUT2D eigenvalue weighted by atomic mass is 10.1. The number of aryl methyl sites for hydroxylation is 2. The van der Waals surface area contributed by atoms with Gasteiger partial charge in [0.05, 0.1) is 11.0 Å². The van der Waals surface area contributed by atoms with E-state index >= 15 is 0 Å². The maximum atomic E-state index is 5.82. The SMILES string of the molecule is CCC(C(N)=S)N1CCN(c2cc(C)nc(C)n2)CC1. The lowest BCUT2D eigenvalue weighted by Gasteiger charge is -2.39. The second-order valence-corrected chi connectivity index (χ2v) is 5.74. The molecule has 1 atom stereocenters. The molecule has 1 aromatic rings. The van der Waals surface area contributed by atoms with Crippen LogP contribution in [0.5, 0.6) is 0 Å². The fourth-order valence-corrected chi connectivity index (χ4v) is 3.08. The maximum absolute atomic E-state index is 5.82. The molecule has 0 amide bonds. The number of rotatable bonds is 4. The Labute approximate surface area is 126 Å². The molecule has 1 aliphatic heterocycles. The molecule has 0 radical (unpaired) electrons. The molecule has 2 heterocycles. The Bertz CT molecular complexity index is 462. The van der Waals surface area contributed by atoms with Crippen molar-refractivity contribution >= 4 is 23.0 Å². The summed E-state index contributed by atoms with van der Waals surface area (Å²) in [6.07, 6.45) is 0.973. The highest BCUT2D eigenvalue weighted by Gasteiger charge is 2.25. The number of nitrogens with two attached hydrogens (primary N) is 1. The minimum absolute atomic E-state index is 0.223. The fourth-order valence-electron chi connectivity index (χ4n) is 2.76. The van der Waals surface area contributed by atoms with Crippen molar-refractivity contribution in [3.8, 4) is 0 Å². The average molecular weight is 293 g/mol. The van der Waals surface area contributed by atoms with Crippen molar-refractivity contribution in [1.82, 2.24) is 14.9 Å². The second kappa shape index (κ2) is 6.45. The molecule has 5 nitrogen and oxygen atoms in total. The van der Waals surface area contributed by atoms with Crippen molar-refractivity contribution in [3.05, 3.63) is 17.6 Å². The van der Waals surface area contributed by atoms with Gasteiger partial charge in [0.1, 0.15) is 11.6 Å². The number of hydrogen-bond acceptors (Lipinski definition) is 5. The molecule has 110 valence electrons. The number of piperazine rings is 1. The van der Waals surface area contributed by atoms with Crippen LogP contribution in [0.4, 0.5) is 5.82 Å². The van der Waals surface area contributed by atoms with Crippen LogP contribution in [0, 0.1) is 13.8 Å². The molecule has 0 saturated carbocycles. The molecule has 6 heteroatoms. The molecule has 20 heavy (non-hydrogen) atoms. The minimum atomic E-state index is 0.223. The average Bonchev–Trinajstić information content (AvgIpc) is 2.38. The van der Waals surface area contributed by atoms with Gasteiger partial charge in [-0.1, -0.05) is 19.1 Å². The molecule has 1 saturated heterocycles. The van der Waals surface area contributed by atoms with E-state index in [2.05, 4.69) is 26.7 Å². The Hall–Kier alpha value is -1.27. The highest BCUT2D eigenvalue weighted by molar-refractivity contribution is 7.80. The molecular weight excluding hydrogens is 270 g/mol. The summed E-state index contributed by atoms with van der Waals surface area (Å²) in [5.41, 5.74) is 6.84. The zero-order valence-corrected chi connectivity index (χ0v) is 13.3. The van der Waals surface area contributed by atoms with Gasteiger partial charge in [-0.3, -0.25) is 4.90 Å². The number of aromatic nitrogens is 2. The first kappa shape index (κ1) is 15.1. The van der Waals surface area contributed by atoms with Gasteiger partial charge in [-0.2, -0.15) is 0 Å². The summed E-state index contributed by atoms with van der Waals surface area (Å²) in [6.45, 7) is 9.92. The van der Waals surface area contributed by atoms with Crippen LogP contribution in [0.2, 0.25) is 0 Å². The quantitative estimate of drug-likeness (QED) is 0.844. The van der Waals surface area contributed by atoms with Crippen LogP contribution in [0.1, 0.15) is 24.9 Å². The number of thiocarbonyl (C=S) groups is 1. The summed E-state index contributed by atoms with van der Waals surface area (Å²) in [6, 6.07) is 2.27. The van der Waals surface area contributed by atoms with Gasteiger partial charge in [-0.25, -0.2) is 9.97 Å². The molecule has 0 aliphatic carbocycles. The summed E-state index contributed by atoms with van der Waals surface area (Å²) in [5, 5.41) is 0. The van der Waals surface area contributed by atoms with Crippen LogP contribution in [-0.4, -0.2) is 52.1 Å². The normalized spacial score (nSPS) is 18.1. The molecule has 2 N–H and O–H groups in total. The van der Waals surface area contributed by atoms with Crippen LogP contribution >= 0.6 is 12.2 Å². The van der Waals surface area contributed by atoms with Crippen LogP contribution in [0.3, 0.4) is 0 Å². The van der Waals surface area contributed by atoms with E-state index in [1.807, 2.05) is 19.9 Å². The molecule has 1 aromatic heterocycles. The van der Waals surface area contributed by atoms with Gasteiger partial charge in [0, 0.05) is 37.9 Å². The lowest BCUT2D eigenvalue weighted by molar-refractivity contribution is 0.224. The predicted octanol–water partition coefficient (Wildman–Crippen LogP) is 1.28. The van der Waals surface area contributed by atoms with Crippen LogP contribution in [-0.2, 0) is 0 Å². The topological polar surface area (TPSA) is 58.3 Å². The van der Waals surface area contributed by atoms with Crippen molar-refractivity contribution in [1.29, 1.82) is 0 Å². The van der Waals surface area contributed by atoms with Crippen LogP contribution in [0.25, 0.3) is 0 Å². The third-order valence-electron chi connectivity index (χ3n) is 3.75. The van der Waals surface area contributed by atoms with Crippen molar-refractivity contribution in [3.63, 3.8) is 0 Å². The van der Waals surface area contributed by atoms with E-state index in [1.165, 1.54) is 0 Å². The Morgan fingerprint density at radius 1 is 1.30 bits per heavy atom. The van der Waals surface area contributed by atoms with Gasteiger partial charge in [-0.05, 0) is 20.3 Å². The summed E-state index contributed by atoms with van der Waals surface area (Å²) in [7, 11) is 0. The van der Waals surface area contributed by atoms with Gasteiger partial charge >= 0.3 is 0 Å². The third-order valence-corrected chi connectivity index (χ3v) is 4.02. The van der Waals surface area contributed by atoms with Gasteiger partial charge in [0.2, 0.25) is 0 Å². The molecule has 1 unspecified atom stereocenters. The van der Waals surface area contributed by atoms with Crippen molar-refractivity contribution < 1.29 is 0 Å². The van der Waals surface area contributed by atoms with Gasteiger partial charge < -0.3 is 10.6 Å². The van der Waals surface area contributed by atoms with E-state index in [0.717, 1.165) is 49.9 Å². The molecule has 1 aliphatic rings. The zero-order chi connectivity index (χ0) is 14.7. The molecular formula is C14H23N5S. The van der Waals surface area contributed by atoms with Crippen LogP contribution in [0.15, 0.2) is 6.07 Å². The monoisotopic (exact) mass is 293 g/mol. The first-order valence-electron chi connectivity index (χ1n) is 7.12. The van der Waals surface area contributed by atoms with Gasteiger partial charge in [-0.15, -0.1) is 0 Å². The summed E-state index contributed by atoms with van der Waals surface area (Å²) >= 11 is 5.16. The summed E-state index contributed by atoms with van der Waals surface area (Å²) < 4.78 is 0.